The Morgan fingerprint density at radius 2 is 1.73 bits per heavy atom. The second-order valence-electron chi connectivity index (χ2n) is 4.79. The summed E-state index contributed by atoms with van der Waals surface area (Å²) in [5.41, 5.74) is 1.07. The van der Waals surface area contributed by atoms with Gasteiger partial charge < -0.3 is 19.5 Å². The molecule has 0 saturated carbocycles. The lowest BCUT2D eigenvalue weighted by molar-refractivity contribution is -0.124. The van der Waals surface area contributed by atoms with Crippen LogP contribution < -0.4 is 14.8 Å². The lowest BCUT2D eigenvalue weighted by atomic mass is 10.1. The van der Waals surface area contributed by atoms with Gasteiger partial charge in [0.05, 0.1) is 19.8 Å². The minimum absolute atomic E-state index is 0.278. The second-order valence-corrected chi connectivity index (χ2v) is 4.79. The highest BCUT2D eigenvalue weighted by Gasteiger charge is 2.15. The number of unbranched alkanes of at least 4 members (excludes halogenated alkanes) is 1. The number of nitrogens with one attached hydrogen (secondary N) is 1. The number of esters is 1. The third-order valence-electron chi connectivity index (χ3n) is 3.17. The van der Waals surface area contributed by atoms with Crippen molar-refractivity contribution in [1.29, 1.82) is 0 Å². The molecule has 0 unspecified atom stereocenters. The number of methoxy groups -OCH3 is 2. The lowest BCUT2D eigenvalue weighted by Gasteiger charge is -2.12. The van der Waals surface area contributed by atoms with E-state index in [1.165, 1.54) is 14.2 Å². The molecule has 0 radical (unpaired) electrons. The highest BCUT2D eigenvalue weighted by molar-refractivity contribution is 5.92. The van der Waals surface area contributed by atoms with Gasteiger partial charge in [0.2, 0.25) is 0 Å². The normalized spacial score (nSPS) is 10.0. The van der Waals surface area contributed by atoms with E-state index in [0.29, 0.717) is 18.0 Å². The zero-order valence-corrected chi connectivity index (χ0v) is 13.5. The number of hydrogen-bond donors (Lipinski definition) is 1. The van der Waals surface area contributed by atoms with Crippen LogP contribution in [0.1, 0.15) is 35.7 Å². The predicted molar refractivity (Wildman–Crippen MR) is 82.5 cm³/mol. The Bertz CT molecular complexity index is 502. The minimum atomic E-state index is -0.595. The van der Waals surface area contributed by atoms with E-state index in [-0.39, 0.29) is 18.1 Å². The first-order chi connectivity index (χ1) is 10.5. The smallest absolute Gasteiger partial charge is 0.338 e. The van der Waals surface area contributed by atoms with Crippen LogP contribution in [0.5, 0.6) is 11.5 Å². The summed E-state index contributed by atoms with van der Waals surface area (Å²) in [6.45, 7) is 4.14. The van der Waals surface area contributed by atoms with Crippen molar-refractivity contribution in [2.45, 2.75) is 26.7 Å². The van der Waals surface area contributed by atoms with E-state index < -0.39 is 5.97 Å². The number of benzene rings is 1. The van der Waals surface area contributed by atoms with E-state index in [1.54, 1.807) is 12.1 Å². The maximum absolute atomic E-state index is 12.0. The molecule has 1 rings (SSSR count). The Hall–Kier alpha value is -2.24. The van der Waals surface area contributed by atoms with Crippen molar-refractivity contribution in [1.82, 2.24) is 5.32 Å². The van der Waals surface area contributed by atoms with E-state index >= 15 is 0 Å². The summed E-state index contributed by atoms with van der Waals surface area (Å²) in [6, 6.07) is 3.13. The van der Waals surface area contributed by atoms with Gasteiger partial charge in [0.15, 0.2) is 6.61 Å². The molecule has 0 heterocycles. The predicted octanol–water partition coefficient (Wildman–Crippen LogP) is 2.09. The van der Waals surface area contributed by atoms with Crippen molar-refractivity contribution in [3.05, 3.63) is 23.3 Å². The summed E-state index contributed by atoms with van der Waals surface area (Å²) in [5, 5.41) is 2.68. The number of rotatable bonds is 8. The standard InChI is InChI=1S/C16H23NO5/c1-5-6-7-17-15(18)10-22-16(19)12-8-13(20-3)11(2)14(9-12)21-4/h8-9H,5-7,10H2,1-4H3,(H,17,18). The van der Waals surface area contributed by atoms with Gasteiger partial charge in [-0.15, -0.1) is 0 Å². The quantitative estimate of drug-likeness (QED) is 0.588. The van der Waals surface area contributed by atoms with Gasteiger partial charge in [-0.05, 0) is 25.5 Å². The summed E-state index contributed by atoms with van der Waals surface area (Å²) in [4.78, 5) is 23.5. The van der Waals surface area contributed by atoms with Crippen molar-refractivity contribution in [3.8, 4) is 11.5 Å². The van der Waals surface area contributed by atoms with Crippen LogP contribution in [0.2, 0.25) is 0 Å². The van der Waals surface area contributed by atoms with Crippen LogP contribution >= 0.6 is 0 Å². The summed E-state index contributed by atoms with van der Waals surface area (Å²) in [6.07, 6.45) is 1.88. The van der Waals surface area contributed by atoms with Gasteiger partial charge in [0.25, 0.3) is 5.91 Å². The molecule has 0 spiro atoms. The molecule has 6 nitrogen and oxygen atoms in total. The molecular weight excluding hydrogens is 286 g/mol. The van der Waals surface area contributed by atoms with Gasteiger partial charge in [-0.25, -0.2) is 4.79 Å². The molecule has 0 aliphatic heterocycles. The van der Waals surface area contributed by atoms with Crippen molar-refractivity contribution >= 4 is 11.9 Å². The van der Waals surface area contributed by atoms with E-state index in [4.69, 9.17) is 14.2 Å². The minimum Gasteiger partial charge on any atom is -0.496 e. The molecule has 0 bridgehead atoms. The van der Waals surface area contributed by atoms with Gasteiger partial charge >= 0.3 is 5.97 Å². The van der Waals surface area contributed by atoms with E-state index in [0.717, 1.165) is 18.4 Å². The molecule has 0 aliphatic carbocycles. The highest BCUT2D eigenvalue weighted by Crippen LogP contribution is 2.29. The van der Waals surface area contributed by atoms with Crippen molar-refractivity contribution in [2.75, 3.05) is 27.4 Å². The Labute approximate surface area is 130 Å². The Balaban J connectivity index is 2.67. The Morgan fingerprint density at radius 3 is 2.23 bits per heavy atom. The monoisotopic (exact) mass is 309 g/mol. The fraction of sp³-hybridized carbons (Fsp3) is 0.500. The van der Waals surface area contributed by atoms with Crippen molar-refractivity contribution in [2.24, 2.45) is 0 Å². The molecule has 1 amide bonds. The van der Waals surface area contributed by atoms with Crippen LogP contribution in [0.3, 0.4) is 0 Å². The Kier molecular flexibility index (Phi) is 7.22. The maximum atomic E-state index is 12.0. The van der Waals surface area contributed by atoms with Crippen molar-refractivity contribution in [3.63, 3.8) is 0 Å². The molecule has 6 heteroatoms. The van der Waals surface area contributed by atoms with Gasteiger partial charge in [0.1, 0.15) is 11.5 Å². The van der Waals surface area contributed by atoms with Crippen LogP contribution in [-0.4, -0.2) is 39.2 Å². The van der Waals surface area contributed by atoms with E-state index in [1.807, 2.05) is 13.8 Å². The highest BCUT2D eigenvalue weighted by atomic mass is 16.5. The van der Waals surface area contributed by atoms with E-state index in [2.05, 4.69) is 5.32 Å². The SMILES string of the molecule is CCCCNC(=O)COC(=O)c1cc(OC)c(C)c(OC)c1. The topological polar surface area (TPSA) is 73.9 Å². The molecule has 0 fully saturated rings. The summed E-state index contributed by atoms with van der Waals surface area (Å²) in [5.74, 6) is 0.146. The lowest BCUT2D eigenvalue weighted by Crippen LogP contribution is -2.29. The summed E-state index contributed by atoms with van der Waals surface area (Å²) >= 11 is 0. The van der Waals surface area contributed by atoms with Crippen LogP contribution in [0, 0.1) is 6.92 Å². The Morgan fingerprint density at radius 1 is 1.14 bits per heavy atom. The van der Waals surface area contributed by atoms with Crippen LogP contribution in [0.4, 0.5) is 0 Å². The first-order valence-corrected chi connectivity index (χ1v) is 7.19. The van der Waals surface area contributed by atoms with Gasteiger partial charge in [0, 0.05) is 12.1 Å². The average molecular weight is 309 g/mol. The summed E-state index contributed by atoms with van der Waals surface area (Å²) in [7, 11) is 3.02. The molecule has 22 heavy (non-hydrogen) atoms. The molecule has 1 aromatic carbocycles. The van der Waals surface area contributed by atoms with Gasteiger partial charge in [-0.1, -0.05) is 13.3 Å². The number of ether oxygens (including phenoxy) is 3. The molecule has 0 aliphatic rings. The average Bonchev–Trinajstić information content (AvgIpc) is 2.53. The fourth-order valence-corrected chi connectivity index (χ4v) is 1.87. The third-order valence-corrected chi connectivity index (χ3v) is 3.17. The van der Waals surface area contributed by atoms with Crippen LogP contribution in [-0.2, 0) is 9.53 Å². The molecule has 1 N–H and O–H groups in total. The number of carbonyl (C=O) groups excluding carboxylic acids is 2. The second kappa shape index (κ2) is 8.92. The zero-order valence-electron chi connectivity index (χ0n) is 13.5. The maximum Gasteiger partial charge on any atom is 0.338 e. The molecule has 0 aromatic heterocycles. The van der Waals surface area contributed by atoms with E-state index in [9.17, 15) is 9.59 Å². The molecule has 0 atom stereocenters. The van der Waals surface area contributed by atoms with Gasteiger partial charge in [-0.3, -0.25) is 4.79 Å². The van der Waals surface area contributed by atoms with Gasteiger partial charge in [-0.2, -0.15) is 0 Å². The van der Waals surface area contributed by atoms with Crippen molar-refractivity contribution < 1.29 is 23.8 Å². The van der Waals surface area contributed by atoms with Crippen LogP contribution in [0.15, 0.2) is 12.1 Å². The fourth-order valence-electron chi connectivity index (χ4n) is 1.87. The number of hydrogen-bond acceptors (Lipinski definition) is 5. The summed E-state index contributed by atoms with van der Waals surface area (Å²) < 4.78 is 15.4. The zero-order chi connectivity index (χ0) is 16.5. The largest absolute Gasteiger partial charge is 0.496 e. The van der Waals surface area contributed by atoms with Crippen LogP contribution in [0.25, 0.3) is 0 Å². The molecular formula is C16H23NO5. The number of amides is 1. The first kappa shape index (κ1) is 17.8. The third kappa shape index (κ3) is 4.95. The number of carbonyl (C=O) groups is 2. The molecule has 122 valence electrons. The molecule has 1 aromatic rings. The first-order valence-electron chi connectivity index (χ1n) is 7.19. The molecule has 0 saturated heterocycles.